The molecule has 2 N–H and O–H groups in total. The van der Waals surface area contributed by atoms with Crippen LogP contribution < -0.4 is 5.73 Å². The molecule has 1 heterocycles. The summed E-state index contributed by atoms with van der Waals surface area (Å²) in [4.78, 5) is 26.6. The molecule has 0 unspecified atom stereocenters. The normalized spacial score (nSPS) is 16.0. The van der Waals surface area contributed by atoms with E-state index in [0.29, 0.717) is 31.2 Å². The molecule has 21 heavy (non-hydrogen) atoms. The molecule has 1 aliphatic rings. The third kappa shape index (κ3) is 4.49. The van der Waals surface area contributed by atoms with E-state index in [-0.39, 0.29) is 5.91 Å². The van der Waals surface area contributed by atoms with Crippen molar-refractivity contribution in [2.24, 2.45) is 5.73 Å². The topological polar surface area (TPSA) is 66.6 Å². The highest BCUT2D eigenvalue weighted by molar-refractivity contribution is 6.30. The highest BCUT2D eigenvalue weighted by atomic mass is 35.5. The van der Waals surface area contributed by atoms with E-state index in [2.05, 4.69) is 0 Å². The molecule has 1 aliphatic heterocycles. The minimum absolute atomic E-state index is 0.0590. The van der Waals surface area contributed by atoms with Crippen LogP contribution in [0.3, 0.4) is 0 Å². The van der Waals surface area contributed by atoms with E-state index in [0.717, 1.165) is 12.0 Å². The van der Waals surface area contributed by atoms with Gasteiger partial charge in [-0.05, 0) is 30.2 Å². The summed E-state index contributed by atoms with van der Waals surface area (Å²) in [5.41, 5.74) is 6.18. The molecule has 1 fully saturated rings. The van der Waals surface area contributed by atoms with Gasteiger partial charge in [0.1, 0.15) is 0 Å². The van der Waals surface area contributed by atoms with E-state index >= 15 is 0 Å². The Balaban J connectivity index is 1.93. The number of urea groups is 1. The Kier molecular flexibility index (Phi) is 5.22. The van der Waals surface area contributed by atoms with Crippen molar-refractivity contribution in [2.75, 3.05) is 26.2 Å². The highest BCUT2D eigenvalue weighted by Crippen LogP contribution is 2.11. The Morgan fingerprint density at radius 2 is 1.67 bits per heavy atom. The Bertz CT molecular complexity index is 542. The number of nitrogens with two attached hydrogens (primary N) is 1. The third-order valence-corrected chi connectivity index (χ3v) is 3.66. The number of carbonyl (C=O) groups excluding carboxylic acids is 2. The molecule has 0 aliphatic carbocycles. The van der Waals surface area contributed by atoms with Crippen molar-refractivity contribution in [3.8, 4) is 0 Å². The molecule has 0 radical (unpaired) electrons. The molecule has 1 saturated heterocycles. The molecule has 0 spiro atoms. The van der Waals surface area contributed by atoms with Crippen LogP contribution in [0, 0.1) is 0 Å². The minimum atomic E-state index is -0.430. The van der Waals surface area contributed by atoms with Crippen LogP contribution in [-0.2, 0) is 4.79 Å². The van der Waals surface area contributed by atoms with E-state index < -0.39 is 6.03 Å². The lowest BCUT2D eigenvalue weighted by molar-refractivity contribution is -0.125. The third-order valence-electron chi connectivity index (χ3n) is 3.41. The first-order chi connectivity index (χ1) is 10.1. The van der Waals surface area contributed by atoms with Crippen LogP contribution in [0.1, 0.15) is 12.0 Å². The van der Waals surface area contributed by atoms with Crippen molar-refractivity contribution in [3.63, 3.8) is 0 Å². The Labute approximate surface area is 129 Å². The number of rotatable bonds is 2. The standard InChI is InChI=1S/C15H18ClN3O2/c16-13-5-2-12(3-6-13)4-7-14(20)18-8-1-9-19(11-10-18)15(17)21/h2-7H,1,8-11H2,(H2,17,21)/b7-4+. The zero-order valence-electron chi connectivity index (χ0n) is 11.7. The van der Waals surface area contributed by atoms with E-state index in [1.807, 2.05) is 12.1 Å². The van der Waals surface area contributed by atoms with Gasteiger partial charge in [-0.15, -0.1) is 0 Å². The fourth-order valence-corrected chi connectivity index (χ4v) is 2.33. The van der Waals surface area contributed by atoms with Gasteiger partial charge in [0, 0.05) is 37.3 Å². The molecule has 0 aromatic heterocycles. The van der Waals surface area contributed by atoms with E-state index in [4.69, 9.17) is 17.3 Å². The molecule has 1 aromatic carbocycles. The van der Waals surface area contributed by atoms with Crippen molar-refractivity contribution in [3.05, 3.63) is 40.9 Å². The molecule has 5 nitrogen and oxygen atoms in total. The molecule has 2 rings (SSSR count). The molecule has 0 atom stereocenters. The largest absolute Gasteiger partial charge is 0.351 e. The zero-order valence-corrected chi connectivity index (χ0v) is 12.4. The Morgan fingerprint density at radius 1 is 1.05 bits per heavy atom. The number of halogens is 1. The molecule has 3 amide bonds. The van der Waals surface area contributed by atoms with Gasteiger partial charge in [0.25, 0.3) is 0 Å². The monoisotopic (exact) mass is 307 g/mol. The van der Waals surface area contributed by atoms with E-state index in [9.17, 15) is 9.59 Å². The fourth-order valence-electron chi connectivity index (χ4n) is 2.21. The second-order valence-corrected chi connectivity index (χ2v) is 5.33. The molecule has 1 aromatic rings. The summed E-state index contributed by atoms with van der Waals surface area (Å²) in [6.45, 7) is 2.22. The van der Waals surface area contributed by atoms with Crippen molar-refractivity contribution < 1.29 is 9.59 Å². The van der Waals surface area contributed by atoms with Crippen LogP contribution in [0.15, 0.2) is 30.3 Å². The van der Waals surface area contributed by atoms with Gasteiger partial charge < -0.3 is 15.5 Å². The first kappa shape index (κ1) is 15.4. The Morgan fingerprint density at radius 3 is 2.33 bits per heavy atom. The van der Waals surface area contributed by atoms with Crippen molar-refractivity contribution in [1.82, 2.24) is 9.80 Å². The van der Waals surface area contributed by atoms with Gasteiger partial charge in [0.05, 0.1) is 0 Å². The van der Waals surface area contributed by atoms with Gasteiger partial charge in [0.2, 0.25) is 5.91 Å². The van der Waals surface area contributed by atoms with Gasteiger partial charge in [0.15, 0.2) is 0 Å². The second-order valence-electron chi connectivity index (χ2n) is 4.89. The van der Waals surface area contributed by atoms with Crippen molar-refractivity contribution >= 4 is 29.6 Å². The van der Waals surface area contributed by atoms with Crippen molar-refractivity contribution in [2.45, 2.75) is 6.42 Å². The quantitative estimate of drug-likeness (QED) is 0.849. The van der Waals surface area contributed by atoms with E-state index in [1.54, 1.807) is 34.1 Å². The van der Waals surface area contributed by atoms with Gasteiger partial charge >= 0.3 is 6.03 Å². The van der Waals surface area contributed by atoms with Gasteiger partial charge in [-0.3, -0.25) is 4.79 Å². The summed E-state index contributed by atoms with van der Waals surface area (Å²) < 4.78 is 0. The first-order valence-corrected chi connectivity index (χ1v) is 7.21. The fraction of sp³-hybridized carbons (Fsp3) is 0.333. The van der Waals surface area contributed by atoms with Gasteiger partial charge in [-0.2, -0.15) is 0 Å². The maximum atomic E-state index is 12.1. The van der Waals surface area contributed by atoms with Crippen molar-refractivity contribution in [1.29, 1.82) is 0 Å². The van der Waals surface area contributed by atoms with Crippen LogP contribution in [0.25, 0.3) is 6.08 Å². The van der Waals surface area contributed by atoms with Crippen LogP contribution >= 0.6 is 11.6 Å². The zero-order chi connectivity index (χ0) is 15.2. The summed E-state index contributed by atoms with van der Waals surface area (Å²) in [5, 5.41) is 0.664. The summed E-state index contributed by atoms with van der Waals surface area (Å²) >= 11 is 5.81. The lowest BCUT2D eigenvalue weighted by Crippen LogP contribution is -2.39. The number of amides is 3. The number of nitrogens with zero attached hydrogens (tertiary/aromatic N) is 2. The van der Waals surface area contributed by atoms with Crippen LogP contribution in [0.4, 0.5) is 4.79 Å². The summed E-state index contributed by atoms with van der Waals surface area (Å²) in [6, 6.07) is 6.83. The molecule has 6 heteroatoms. The molecule has 0 bridgehead atoms. The number of primary amides is 1. The Hall–Kier alpha value is -2.01. The number of hydrogen-bond donors (Lipinski definition) is 1. The van der Waals surface area contributed by atoms with Gasteiger partial charge in [-0.25, -0.2) is 4.79 Å². The maximum Gasteiger partial charge on any atom is 0.314 e. The predicted octanol–water partition coefficient (Wildman–Crippen LogP) is 1.97. The average molecular weight is 308 g/mol. The molecular formula is C15H18ClN3O2. The molecular weight excluding hydrogens is 290 g/mol. The lowest BCUT2D eigenvalue weighted by atomic mass is 10.2. The molecule has 112 valence electrons. The van der Waals surface area contributed by atoms with Crippen LogP contribution in [0.2, 0.25) is 5.02 Å². The highest BCUT2D eigenvalue weighted by Gasteiger charge is 2.19. The summed E-state index contributed by atoms with van der Waals surface area (Å²) in [5.74, 6) is -0.0590. The van der Waals surface area contributed by atoms with Crippen LogP contribution in [-0.4, -0.2) is 47.9 Å². The number of benzene rings is 1. The summed E-state index contributed by atoms with van der Waals surface area (Å²) in [6.07, 6.45) is 4.04. The average Bonchev–Trinajstić information content (AvgIpc) is 2.72. The maximum absolute atomic E-state index is 12.1. The minimum Gasteiger partial charge on any atom is -0.351 e. The first-order valence-electron chi connectivity index (χ1n) is 6.83. The summed E-state index contributed by atoms with van der Waals surface area (Å²) in [7, 11) is 0. The number of hydrogen-bond acceptors (Lipinski definition) is 2. The SMILES string of the molecule is NC(=O)N1CCCN(C(=O)/C=C/c2ccc(Cl)cc2)CC1. The number of carbonyl (C=O) groups is 2. The second kappa shape index (κ2) is 7.13. The lowest BCUT2D eigenvalue weighted by Gasteiger charge is -2.19. The van der Waals surface area contributed by atoms with Crippen LogP contribution in [0.5, 0.6) is 0 Å². The smallest absolute Gasteiger partial charge is 0.314 e. The van der Waals surface area contributed by atoms with E-state index in [1.165, 1.54) is 0 Å². The molecule has 0 saturated carbocycles. The predicted molar refractivity (Wildman–Crippen MR) is 82.8 cm³/mol. The van der Waals surface area contributed by atoms with Gasteiger partial charge in [-0.1, -0.05) is 23.7 Å².